The molecule has 0 unspecified atom stereocenters. The molecule has 0 amide bonds. The van der Waals surface area contributed by atoms with Crippen LogP contribution < -0.4 is 0 Å². The van der Waals surface area contributed by atoms with Crippen molar-refractivity contribution in [3.8, 4) is 0 Å². The van der Waals surface area contributed by atoms with Crippen molar-refractivity contribution in [3.05, 3.63) is 12.4 Å². The van der Waals surface area contributed by atoms with E-state index in [2.05, 4.69) is 84.3 Å². The van der Waals surface area contributed by atoms with E-state index in [0.717, 1.165) is 0 Å². The highest BCUT2D eigenvalue weighted by Gasteiger charge is 2.48. The van der Waals surface area contributed by atoms with Crippen LogP contribution in [0.25, 0.3) is 0 Å². The summed E-state index contributed by atoms with van der Waals surface area (Å²) >= 11 is 0. The molecule has 0 saturated heterocycles. The molecule has 1 rings (SSSR count). The van der Waals surface area contributed by atoms with E-state index in [1.807, 2.05) is 0 Å². The summed E-state index contributed by atoms with van der Waals surface area (Å²) < 4.78 is 0. The van der Waals surface area contributed by atoms with E-state index in [0.29, 0.717) is 6.98 Å². The van der Waals surface area contributed by atoms with Gasteiger partial charge in [0.2, 0.25) is 0 Å². The third kappa shape index (κ3) is 2.99. The van der Waals surface area contributed by atoms with E-state index < -0.39 is 0 Å². The van der Waals surface area contributed by atoms with E-state index in [9.17, 15) is 0 Å². The SMILES string of the molecule is CC(C)(C)B1N(C(C)(C)C)C=CN1C(C)(C)C. The first-order valence-electron chi connectivity index (χ1n) is 6.60. The highest BCUT2D eigenvalue weighted by Crippen LogP contribution is 2.40. The summed E-state index contributed by atoms with van der Waals surface area (Å²) in [4.78, 5) is 4.97. The molecule has 0 radical (unpaired) electrons. The summed E-state index contributed by atoms with van der Waals surface area (Å²) in [5.74, 6) is 0. The third-order valence-corrected chi connectivity index (χ3v) is 3.24. The topological polar surface area (TPSA) is 6.48 Å². The van der Waals surface area contributed by atoms with Crippen molar-refractivity contribution in [2.45, 2.75) is 78.7 Å². The second-order valence-corrected chi connectivity index (χ2v) is 8.19. The summed E-state index contributed by atoms with van der Waals surface area (Å²) in [5.41, 5.74) is 0.322. The average Bonchev–Trinajstić information content (AvgIpc) is 2.42. The van der Waals surface area contributed by atoms with Crippen molar-refractivity contribution in [2.75, 3.05) is 0 Å². The molecule has 1 heterocycles. The number of rotatable bonds is 0. The van der Waals surface area contributed by atoms with Gasteiger partial charge in [-0.1, -0.05) is 20.8 Å². The van der Waals surface area contributed by atoms with Crippen molar-refractivity contribution >= 4 is 6.98 Å². The molecule has 3 heteroatoms. The second kappa shape index (κ2) is 3.96. The molecule has 98 valence electrons. The van der Waals surface area contributed by atoms with Crippen LogP contribution in [0.15, 0.2) is 12.4 Å². The number of hydrogen-bond donors (Lipinski definition) is 0. The smallest absolute Gasteiger partial charge is 0.381 e. The summed E-state index contributed by atoms with van der Waals surface area (Å²) in [6, 6.07) is 0. The van der Waals surface area contributed by atoms with Crippen molar-refractivity contribution in [3.63, 3.8) is 0 Å². The van der Waals surface area contributed by atoms with Gasteiger partial charge in [0, 0.05) is 23.5 Å². The van der Waals surface area contributed by atoms with Crippen LogP contribution in [-0.2, 0) is 0 Å². The Hall–Kier alpha value is -0.595. The molecule has 0 aromatic carbocycles. The Kier molecular flexibility index (Phi) is 3.37. The first kappa shape index (κ1) is 14.5. The predicted molar refractivity (Wildman–Crippen MR) is 77.8 cm³/mol. The van der Waals surface area contributed by atoms with Crippen LogP contribution in [0.1, 0.15) is 62.3 Å². The minimum absolute atomic E-state index is 0.161. The third-order valence-electron chi connectivity index (χ3n) is 3.24. The average molecular weight is 236 g/mol. The lowest BCUT2D eigenvalue weighted by atomic mass is 9.49. The fourth-order valence-electron chi connectivity index (χ4n) is 2.46. The minimum atomic E-state index is 0.161. The minimum Gasteiger partial charge on any atom is -0.396 e. The van der Waals surface area contributed by atoms with Gasteiger partial charge in [-0.2, -0.15) is 0 Å². The van der Waals surface area contributed by atoms with Crippen LogP contribution in [0.3, 0.4) is 0 Å². The summed E-state index contributed by atoms with van der Waals surface area (Å²) in [7, 11) is 0. The van der Waals surface area contributed by atoms with E-state index in [1.165, 1.54) is 0 Å². The van der Waals surface area contributed by atoms with Gasteiger partial charge in [-0.15, -0.1) is 0 Å². The van der Waals surface area contributed by atoms with Gasteiger partial charge in [-0.05, 0) is 46.9 Å². The fourth-order valence-corrected chi connectivity index (χ4v) is 2.46. The molecule has 17 heavy (non-hydrogen) atoms. The molecular formula is C14H29BN2. The fraction of sp³-hybridized carbons (Fsp3) is 0.857. The Morgan fingerprint density at radius 1 is 0.647 bits per heavy atom. The largest absolute Gasteiger partial charge is 0.396 e. The first-order valence-corrected chi connectivity index (χ1v) is 6.60. The van der Waals surface area contributed by atoms with Gasteiger partial charge in [0.1, 0.15) is 0 Å². The zero-order valence-corrected chi connectivity index (χ0v) is 13.1. The van der Waals surface area contributed by atoms with Gasteiger partial charge in [-0.3, -0.25) is 0 Å². The second-order valence-electron chi connectivity index (χ2n) is 8.19. The Morgan fingerprint density at radius 2 is 0.941 bits per heavy atom. The van der Waals surface area contributed by atoms with Crippen molar-refractivity contribution in [1.82, 2.24) is 9.62 Å². The first-order chi connectivity index (χ1) is 7.35. The van der Waals surface area contributed by atoms with Gasteiger partial charge >= 0.3 is 6.98 Å². The van der Waals surface area contributed by atoms with Crippen LogP contribution in [0.5, 0.6) is 0 Å². The summed E-state index contributed by atoms with van der Waals surface area (Å²) in [5, 5.41) is 0.226. The molecule has 0 bridgehead atoms. The number of nitrogens with zero attached hydrogens (tertiary/aromatic N) is 2. The van der Waals surface area contributed by atoms with Crippen LogP contribution in [-0.4, -0.2) is 27.7 Å². The molecular weight excluding hydrogens is 207 g/mol. The standard InChI is InChI=1S/C14H29BN2/c1-12(2,3)15-16(13(4,5)6)10-11-17(15)14(7,8)9/h10-11H,1-9H3. The van der Waals surface area contributed by atoms with E-state index >= 15 is 0 Å². The molecule has 2 nitrogen and oxygen atoms in total. The summed E-state index contributed by atoms with van der Waals surface area (Å²) in [6.07, 6.45) is 4.50. The van der Waals surface area contributed by atoms with Crippen molar-refractivity contribution in [2.24, 2.45) is 0 Å². The van der Waals surface area contributed by atoms with Crippen molar-refractivity contribution < 1.29 is 0 Å². The van der Waals surface area contributed by atoms with Gasteiger partial charge in [0.25, 0.3) is 0 Å². The maximum absolute atomic E-state index is 2.48. The zero-order chi connectivity index (χ0) is 13.6. The number of hydrogen-bond acceptors (Lipinski definition) is 2. The molecule has 0 aromatic rings. The van der Waals surface area contributed by atoms with Crippen LogP contribution >= 0.6 is 0 Å². The molecule has 0 aromatic heterocycles. The van der Waals surface area contributed by atoms with Gasteiger partial charge in [0.05, 0.1) is 0 Å². The predicted octanol–water partition coefficient (Wildman–Crippen LogP) is 3.96. The Morgan fingerprint density at radius 3 is 1.12 bits per heavy atom. The zero-order valence-electron chi connectivity index (χ0n) is 13.1. The van der Waals surface area contributed by atoms with Gasteiger partial charge in [0.15, 0.2) is 0 Å². The van der Waals surface area contributed by atoms with Crippen LogP contribution in [0, 0.1) is 0 Å². The lowest BCUT2D eigenvalue weighted by Crippen LogP contribution is -2.60. The van der Waals surface area contributed by atoms with E-state index in [1.54, 1.807) is 0 Å². The molecule has 0 fully saturated rings. The highest BCUT2D eigenvalue weighted by atomic mass is 15.3. The Labute approximate surface area is 108 Å². The van der Waals surface area contributed by atoms with Crippen LogP contribution in [0.2, 0.25) is 5.31 Å². The highest BCUT2D eigenvalue weighted by molar-refractivity contribution is 6.58. The Bertz CT molecular complexity index is 278. The molecule has 1 aliphatic rings. The lowest BCUT2D eigenvalue weighted by molar-refractivity contribution is 0.265. The van der Waals surface area contributed by atoms with Gasteiger partial charge in [-0.25, -0.2) is 0 Å². The van der Waals surface area contributed by atoms with E-state index in [4.69, 9.17) is 0 Å². The quantitative estimate of drug-likeness (QED) is 0.587. The molecule has 0 N–H and O–H groups in total. The monoisotopic (exact) mass is 236 g/mol. The summed E-state index contributed by atoms with van der Waals surface area (Å²) in [6.45, 7) is 21.1. The van der Waals surface area contributed by atoms with Gasteiger partial charge < -0.3 is 9.62 Å². The molecule has 1 aliphatic heterocycles. The molecule has 0 spiro atoms. The van der Waals surface area contributed by atoms with E-state index in [-0.39, 0.29) is 16.4 Å². The molecule has 0 atom stereocenters. The normalized spacial score (nSPS) is 18.3. The molecule has 0 saturated carbocycles. The van der Waals surface area contributed by atoms with Crippen molar-refractivity contribution in [1.29, 1.82) is 0 Å². The maximum Gasteiger partial charge on any atom is 0.381 e. The maximum atomic E-state index is 2.48. The lowest BCUT2D eigenvalue weighted by Gasteiger charge is -2.48. The molecule has 0 aliphatic carbocycles. The van der Waals surface area contributed by atoms with Crippen LogP contribution in [0.4, 0.5) is 0 Å². The Balaban J connectivity index is 3.12.